The number of aromatic nitrogens is 4. The molecule has 0 bridgehead atoms. The predicted molar refractivity (Wildman–Crippen MR) is 89.7 cm³/mol. The van der Waals surface area contributed by atoms with Crippen LogP contribution in [0.2, 0.25) is 0 Å². The minimum absolute atomic E-state index is 0.471. The molecule has 22 heavy (non-hydrogen) atoms. The zero-order valence-corrected chi connectivity index (χ0v) is 15.3. The van der Waals surface area contributed by atoms with E-state index < -0.39 is 0 Å². The molecule has 0 spiro atoms. The molecule has 6 heteroatoms. The van der Waals surface area contributed by atoms with Gasteiger partial charge in [-0.3, -0.25) is 4.68 Å². The van der Waals surface area contributed by atoms with Crippen LogP contribution >= 0.6 is 0 Å². The Hall–Kier alpha value is -1.98. The van der Waals surface area contributed by atoms with E-state index in [0.29, 0.717) is 11.8 Å². The fraction of sp³-hybridized carbons (Fsp3) is 0.625. The Balaban J connectivity index is 0.000000366. The van der Waals surface area contributed by atoms with Crippen molar-refractivity contribution in [2.75, 3.05) is 14.2 Å². The average Bonchev–Trinajstić information content (AvgIpc) is 3.03. The molecule has 0 saturated carbocycles. The molecule has 6 nitrogen and oxygen atoms in total. The van der Waals surface area contributed by atoms with E-state index in [0.717, 1.165) is 17.0 Å². The highest BCUT2D eigenvalue weighted by Gasteiger charge is 2.10. The minimum Gasteiger partial charge on any atom is -0.481 e. The van der Waals surface area contributed by atoms with Gasteiger partial charge >= 0.3 is 0 Å². The number of hydrogen-bond acceptors (Lipinski definition) is 4. The third-order valence-corrected chi connectivity index (χ3v) is 2.89. The molecule has 0 aliphatic rings. The Morgan fingerprint density at radius 1 is 1.09 bits per heavy atom. The maximum atomic E-state index is 5.18. The van der Waals surface area contributed by atoms with E-state index in [1.807, 2.05) is 47.3 Å². The largest absolute Gasteiger partial charge is 0.481 e. The van der Waals surface area contributed by atoms with E-state index in [9.17, 15) is 0 Å². The first-order valence-electron chi connectivity index (χ1n) is 7.50. The van der Waals surface area contributed by atoms with Gasteiger partial charge in [-0.25, -0.2) is 4.68 Å². The molecular formula is C16H30N4O2. The van der Waals surface area contributed by atoms with E-state index in [-0.39, 0.29) is 0 Å². The van der Waals surface area contributed by atoms with Crippen LogP contribution in [0.3, 0.4) is 0 Å². The quantitative estimate of drug-likeness (QED) is 0.872. The summed E-state index contributed by atoms with van der Waals surface area (Å²) in [5.41, 5.74) is 2.23. The zero-order valence-electron chi connectivity index (χ0n) is 15.3. The van der Waals surface area contributed by atoms with Crippen molar-refractivity contribution in [3.8, 4) is 11.8 Å². The second-order valence-electron chi connectivity index (χ2n) is 4.88. The van der Waals surface area contributed by atoms with Crippen molar-refractivity contribution in [3.63, 3.8) is 0 Å². The van der Waals surface area contributed by atoms with Crippen molar-refractivity contribution < 1.29 is 9.47 Å². The van der Waals surface area contributed by atoms with E-state index in [1.54, 1.807) is 23.6 Å². The first-order valence-corrected chi connectivity index (χ1v) is 7.50. The predicted octanol–water partition coefficient (Wildman–Crippen LogP) is 3.32. The number of nitrogens with zero attached hydrogens (tertiary/aromatic N) is 4. The molecule has 126 valence electrons. The van der Waals surface area contributed by atoms with Crippen molar-refractivity contribution in [3.05, 3.63) is 23.5 Å². The van der Waals surface area contributed by atoms with Crippen LogP contribution in [-0.2, 0) is 14.1 Å². The fourth-order valence-corrected chi connectivity index (χ4v) is 1.88. The summed E-state index contributed by atoms with van der Waals surface area (Å²) in [5.74, 6) is 2.04. The van der Waals surface area contributed by atoms with Crippen LogP contribution < -0.4 is 9.47 Å². The van der Waals surface area contributed by atoms with E-state index >= 15 is 0 Å². The van der Waals surface area contributed by atoms with Crippen molar-refractivity contribution in [1.29, 1.82) is 0 Å². The second kappa shape index (κ2) is 9.87. The van der Waals surface area contributed by atoms with Crippen LogP contribution in [0.4, 0.5) is 0 Å². The molecular weight excluding hydrogens is 280 g/mol. The lowest BCUT2D eigenvalue weighted by Crippen LogP contribution is -1.97. The van der Waals surface area contributed by atoms with Crippen LogP contribution in [0.15, 0.2) is 12.4 Å². The average molecular weight is 310 g/mol. The van der Waals surface area contributed by atoms with Gasteiger partial charge in [0.2, 0.25) is 11.8 Å². The van der Waals surface area contributed by atoms with E-state index in [4.69, 9.17) is 9.47 Å². The molecule has 2 rings (SSSR count). The first-order chi connectivity index (χ1) is 10.4. The number of rotatable bonds is 3. The van der Waals surface area contributed by atoms with Crippen molar-refractivity contribution in [2.45, 2.75) is 40.5 Å². The van der Waals surface area contributed by atoms with E-state index in [1.165, 1.54) is 0 Å². The Kier molecular flexibility index (Phi) is 8.98. The van der Waals surface area contributed by atoms with Crippen LogP contribution in [0.25, 0.3) is 0 Å². The second-order valence-corrected chi connectivity index (χ2v) is 4.88. The standard InChI is InChI=1S/C8H14N2O.C6H10N2O.C2H6/c1-6(2)7-5-9-10(3)8(7)11-4;1-5-4-8(2)7-6(5)9-3;1-2/h5-6H,1-4H3;4H,1-3H3;1-2H3. The van der Waals surface area contributed by atoms with Crippen LogP contribution in [0.1, 0.15) is 44.7 Å². The molecule has 0 N–H and O–H groups in total. The Bertz CT molecular complexity index is 544. The normalized spacial score (nSPS) is 9.55. The lowest BCUT2D eigenvalue weighted by atomic mass is 10.1. The maximum absolute atomic E-state index is 5.18. The van der Waals surface area contributed by atoms with Gasteiger partial charge in [0, 0.05) is 31.4 Å². The topological polar surface area (TPSA) is 54.1 Å². The molecule has 2 heterocycles. The zero-order chi connectivity index (χ0) is 17.3. The summed E-state index contributed by atoms with van der Waals surface area (Å²) in [6, 6.07) is 0. The molecule has 0 fully saturated rings. The summed E-state index contributed by atoms with van der Waals surface area (Å²) in [4.78, 5) is 0. The summed E-state index contributed by atoms with van der Waals surface area (Å²) in [5, 5.41) is 8.12. The molecule has 0 saturated heterocycles. The van der Waals surface area contributed by atoms with Crippen molar-refractivity contribution >= 4 is 0 Å². The molecule has 0 unspecified atom stereocenters. The lowest BCUT2D eigenvalue weighted by Gasteiger charge is -2.05. The minimum atomic E-state index is 0.471. The van der Waals surface area contributed by atoms with Crippen LogP contribution in [-0.4, -0.2) is 33.8 Å². The van der Waals surface area contributed by atoms with Crippen molar-refractivity contribution in [1.82, 2.24) is 19.6 Å². The Morgan fingerprint density at radius 3 is 1.95 bits per heavy atom. The van der Waals surface area contributed by atoms with Gasteiger partial charge in [0.1, 0.15) is 0 Å². The van der Waals surface area contributed by atoms with Gasteiger partial charge in [0.05, 0.1) is 20.4 Å². The van der Waals surface area contributed by atoms with Gasteiger partial charge in [-0.2, -0.15) is 5.10 Å². The van der Waals surface area contributed by atoms with Crippen LogP contribution in [0.5, 0.6) is 11.8 Å². The van der Waals surface area contributed by atoms with Gasteiger partial charge in [-0.05, 0) is 12.8 Å². The third-order valence-electron chi connectivity index (χ3n) is 2.89. The number of aryl methyl sites for hydroxylation is 3. The Labute approximate surface area is 134 Å². The van der Waals surface area contributed by atoms with Gasteiger partial charge < -0.3 is 9.47 Å². The van der Waals surface area contributed by atoms with Crippen LogP contribution in [0, 0.1) is 6.92 Å². The number of hydrogen-bond donors (Lipinski definition) is 0. The van der Waals surface area contributed by atoms with Crippen molar-refractivity contribution in [2.24, 2.45) is 14.1 Å². The highest BCUT2D eigenvalue weighted by atomic mass is 16.5. The Morgan fingerprint density at radius 2 is 1.68 bits per heavy atom. The highest BCUT2D eigenvalue weighted by Crippen LogP contribution is 2.24. The summed E-state index contributed by atoms with van der Waals surface area (Å²) in [6.45, 7) is 10.2. The molecule has 2 aromatic rings. The number of ether oxygens (including phenoxy) is 2. The molecule has 0 amide bonds. The molecule has 0 aliphatic carbocycles. The molecule has 2 aromatic heterocycles. The fourth-order valence-electron chi connectivity index (χ4n) is 1.88. The monoisotopic (exact) mass is 310 g/mol. The van der Waals surface area contributed by atoms with Gasteiger partial charge in [0.25, 0.3) is 0 Å². The third kappa shape index (κ3) is 5.42. The molecule has 0 aromatic carbocycles. The maximum Gasteiger partial charge on any atom is 0.235 e. The SMILES string of the molecule is CC.COc1c(C(C)C)cnn1C.COc1nn(C)cc1C. The van der Waals surface area contributed by atoms with Gasteiger partial charge in [-0.15, -0.1) is 5.10 Å². The van der Waals surface area contributed by atoms with Gasteiger partial charge in [-0.1, -0.05) is 27.7 Å². The van der Waals surface area contributed by atoms with E-state index in [2.05, 4.69) is 24.0 Å². The highest BCUT2D eigenvalue weighted by molar-refractivity contribution is 5.26. The van der Waals surface area contributed by atoms with Gasteiger partial charge in [0.15, 0.2) is 0 Å². The summed E-state index contributed by atoms with van der Waals surface area (Å²) in [7, 11) is 7.04. The molecule has 0 radical (unpaired) electrons. The first kappa shape index (κ1) is 20.0. The summed E-state index contributed by atoms with van der Waals surface area (Å²) >= 11 is 0. The summed E-state index contributed by atoms with van der Waals surface area (Å²) < 4.78 is 13.6. The smallest absolute Gasteiger partial charge is 0.235 e. The number of methoxy groups -OCH3 is 2. The molecule has 0 aliphatic heterocycles. The lowest BCUT2D eigenvalue weighted by molar-refractivity contribution is 0.367. The molecule has 0 atom stereocenters. The summed E-state index contributed by atoms with van der Waals surface area (Å²) in [6.07, 6.45) is 3.77.